The van der Waals surface area contributed by atoms with Crippen LogP contribution in [0.2, 0.25) is 5.02 Å². The molecule has 0 radical (unpaired) electrons. The lowest BCUT2D eigenvalue weighted by Crippen LogP contribution is -2.52. The van der Waals surface area contributed by atoms with Gasteiger partial charge in [-0.3, -0.25) is 4.79 Å². The standard InChI is InChI=1S/C16H17ClFNO3/c1-22-15(21)16(9-2-3-10-16)19-14(20)8-7-11-12(17)5-4-6-13(11)18/h4-8H,2-3,9-10H2,1H3,(H,19,20)/b8-7-. The molecule has 6 heteroatoms. The van der Waals surface area contributed by atoms with E-state index in [1.54, 1.807) is 0 Å². The molecule has 1 N–H and O–H groups in total. The molecule has 4 nitrogen and oxygen atoms in total. The Morgan fingerprint density at radius 1 is 1.36 bits per heavy atom. The highest BCUT2D eigenvalue weighted by atomic mass is 35.5. The normalized spacial score (nSPS) is 16.7. The highest BCUT2D eigenvalue weighted by Gasteiger charge is 2.43. The SMILES string of the molecule is COC(=O)C1(NC(=O)/C=C\c2c(F)cccc2Cl)CCCC1. The van der Waals surface area contributed by atoms with Crippen molar-refractivity contribution in [2.45, 2.75) is 31.2 Å². The fourth-order valence-electron chi connectivity index (χ4n) is 2.66. The van der Waals surface area contributed by atoms with Crippen molar-refractivity contribution in [2.75, 3.05) is 7.11 Å². The zero-order valence-electron chi connectivity index (χ0n) is 12.2. The summed E-state index contributed by atoms with van der Waals surface area (Å²) in [6.45, 7) is 0. The van der Waals surface area contributed by atoms with Crippen molar-refractivity contribution in [3.63, 3.8) is 0 Å². The molecule has 1 aromatic rings. The maximum absolute atomic E-state index is 13.6. The number of ether oxygens (including phenoxy) is 1. The average molecular weight is 326 g/mol. The molecule has 1 aromatic carbocycles. The van der Waals surface area contributed by atoms with Crippen LogP contribution in [0.4, 0.5) is 4.39 Å². The summed E-state index contributed by atoms with van der Waals surface area (Å²) in [5, 5.41) is 2.90. The number of methoxy groups -OCH3 is 1. The predicted octanol–water partition coefficient (Wildman–Crippen LogP) is 3.09. The fraction of sp³-hybridized carbons (Fsp3) is 0.375. The molecule has 1 aliphatic carbocycles. The summed E-state index contributed by atoms with van der Waals surface area (Å²) in [6.07, 6.45) is 5.25. The lowest BCUT2D eigenvalue weighted by atomic mass is 9.97. The lowest BCUT2D eigenvalue weighted by Gasteiger charge is -2.26. The quantitative estimate of drug-likeness (QED) is 0.683. The van der Waals surface area contributed by atoms with Gasteiger partial charge < -0.3 is 10.1 Å². The molecule has 0 heterocycles. The number of nitrogens with one attached hydrogen (secondary N) is 1. The van der Waals surface area contributed by atoms with Crippen LogP contribution in [0.3, 0.4) is 0 Å². The summed E-state index contributed by atoms with van der Waals surface area (Å²) >= 11 is 5.89. The van der Waals surface area contributed by atoms with E-state index >= 15 is 0 Å². The van der Waals surface area contributed by atoms with Crippen molar-refractivity contribution >= 4 is 29.6 Å². The summed E-state index contributed by atoms with van der Waals surface area (Å²) in [5.41, 5.74) is -0.840. The van der Waals surface area contributed by atoms with Gasteiger partial charge in [0.2, 0.25) is 5.91 Å². The summed E-state index contributed by atoms with van der Waals surface area (Å²) < 4.78 is 18.4. The van der Waals surface area contributed by atoms with Gasteiger partial charge in [-0.05, 0) is 31.1 Å². The first-order chi connectivity index (χ1) is 10.5. The number of carbonyl (C=O) groups is 2. The third-order valence-corrected chi connectivity index (χ3v) is 4.13. The van der Waals surface area contributed by atoms with Gasteiger partial charge in [0.05, 0.1) is 12.1 Å². The van der Waals surface area contributed by atoms with E-state index in [0.29, 0.717) is 12.8 Å². The largest absolute Gasteiger partial charge is 0.467 e. The molecule has 0 spiro atoms. The van der Waals surface area contributed by atoms with Crippen molar-refractivity contribution < 1.29 is 18.7 Å². The van der Waals surface area contributed by atoms with E-state index in [1.165, 1.54) is 37.5 Å². The lowest BCUT2D eigenvalue weighted by molar-refractivity contribution is -0.150. The summed E-state index contributed by atoms with van der Waals surface area (Å²) in [5.74, 6) is -1.44. The Labute approximate surface area is 133 Å². The first kappa shape index (κ1) is 16.5. The summed E-state index contributed by atoms with van der Waals surface area (Å²) in [4.78, 5) is 24.0. The number of esters is 1. The second-order valence-electron chi connectivity index (χ2n) is 5.24. The Morgan fingerprint density at radius 3 is 2.64 bits per heavy atom. The Morgan fingerprint density at radius 2 is 2.05 bits per heavy atom. The first-order valence-electron chi connectivity index (χ1n) is 7.01. The van der Waals surface area contributed by atoms with Gasteiger partial charge in [0.15, 0.2) is 0 Å². The van der Waals surface area contributed by atoms with Crippen LogP contribution >= 0.6 is 11.6 Å². The molecule has 2 rings (SSSR count). The van der Waals surface area contributed by atoms with Gasteiger partial charge in [0.1, 0.15) is 11.4 Å². The summed E-state index contributed by atoms with van der Waals surface area (Å²) in [6, 6.07) is 4.28. The topological polar surface area (TPSA) is 55.4 Å². The van der Waals surface area contributed by atoms with Crippen molar-refractivity contribution in [1.82, 2.24) is 5.32 Å². The Balaban J connectivity index is 2.12. The van der Waals surface area contributed by atoms with Crippen LogP contribution in [-0.4, -0.2) is 24.5 Å². The minimum atomic E-state index is -0.977. The van der Waals surface area contributed by atoms with E-state index in [1.807, 2.05) is 0 Å². The van der Waals surface area contributed by atoms with Crippen LogP contribution in [0, 0.1) is 5.82 Å². The van der Waals surface area contributed by atoms with Crippen LogP contribution in [0.1, 0.15) is 31.2 Å². The van der Waals surface area contributed by atoms with E-state index in [0.717, 1.165) is 12.8 Å². The molecule has 1 fully saturated rings. The number of amides is 1. The second kappa shape index (κ2) is 6.92. The molecule has 0 unspecified atom stereocenters. The molecule has 1 amide bonds. The first-order valence-corrected chi connectivity index (χ1v) is 7.39. The molecule has 0 atom stereocenters. The van der Waals surface area contributed by atoms with Crippen molar-refractivity contribution in [3.05, 3.63) is 40.7 Å². The van der Waals surface area contributed by atoms with Gasteiger partial charge in [-0.15, -0.1) is 0 Å². The Hall–Kier alpha value is -1.88. The van der Waals surface area contributed by atoms with Crippen LogP contribution in [-0.2, 0) is 14.3 Å². The molecular weight excluding hydrogens is 309 g/mol. The minimum absolute atomic E-state index is 0.137. The van der Waals surface area contributed by atoms with Gasteiger partial charge in [-0.1, -0.05) is 30.5 Å². The fourth-order valence-corrected chi connectivity index (χ4v) is 2.89. The maximum Gasteiger partial charge on any atom is 0.331 e. The van der Waals surface area contributed by atoms with E-state index in [2.05, 4.69) is 5.32 Å². The maximum atomic E-state index is 13.6. The van der Waals surface area contributed by atoms with Gasteiger partial charge in [0.25, 0.3) is 0 Å². The number of hydrogen-bond donors (Lipinski definition) is 1. The van der Waals surface area contributed by atoms with Gasteiger partial charge in [-0.2, -0.15) is 0 Å². The van der Waals surface area contributed by atoms with Crippen molar-refractivity contribution in [2.24, 2.45) is 0 Å². The van der Waals surface area contributed by atoms with Crippen LogP contribution < -0.4 is 5.32 Å². The van der Waals surface area contributed by atoms with Crippen LogP contribution in [0.15, 0.2) is 24.3 Å². The molecule has 22 heavy (non-hydrogen) atoms. The molecule has 0 bridgehead atoms. The second-order valence-corrected chi connectivity index (χ2v) is 5.65. The Kier molecular flexibility index (Phi) is 5.19. The van der Waals surface area contributed by atoms with Gasteiger partial charge in [0, 0.05) is 11.6 Å². The number of rotatable bonds is 4. The average Bonchev–Trinajstić information content (AvgIpc) is 2.95. The molecule has 0 saturated heterocycles. The number of halogens is 2. The molecule has 1 saturated carbocycles. The third-order valence-electron chi connectivity index (χ3n) is 3.80. The van der Waals surface area contributed by atoms with Crippen LogP contribution in [0.5, 0.6) is 0 Å². The highest BCUT2D eigenvalue weighted by molar-refractivity contribution is 6.32. The monoisotopic (exact) mass is 325 g/mol. The van der Waals surface area contributed by atoms with E-state index in [9.17, 15) is 14.0 Å². The van der Waals surface area contributed by atoms with E-state index < -0.39 is 23.2 Å². The molecule has 118 valence electrons. The van der Waals surface area contributed by atoms with Gasteiger partial charge in [-0.25, -0.2) is 9.18 Å². The number of benzene rings is 1. The molecular formula is C16H17ClFNO3. The Bertz CT molecular complexity index is 589. The smallest absolute Gasteiger partial charge is 0.331 e. The summed E-state index contributed by atoms with van der Waals surface area (Å²) in [7, 11) is 1.30. The van der Waals surface area contributed by atoms with E-state index in [4.69, 9.17) is 16.3 Å². The van der Waals surface area contributed by atoms with Crippen LogP contribution in [0.25, 0.3) is 6.08 Å². The number of carbonyl (C=O) groups excluding carboxylic acids is 2. The van der Waals surface area contributed by atoms with Gasteiger partial charge >= 0.3 is 5.97 Å². The molecule has 1 aliphatic rings. The highest BCUT2D eigenvalue weighted by Crippen LogP contribution is 2.31. The zero-order chi connectivity index (χ0) is 16.2. The van der Waals surface area contributed by atoms with Crippen molar-refractivity contribution in [3.8, 4) is 0 Å². The van der Waals surface area contributed by atoms with Crippen molar-refractivity contribution in [1.29, 1.82) is 0 Å². The molecule has 0 aromatic heterocycles. The minimum Gasteiger partial charge on any atom is -0.467 e. The van der Waals surface area contributed by atoms with E-state index in [-0.39, 0.29) is 10.6 Å². The third kappa shape index (κ3) is 3.47. The number of hydrogen-bond acceptors (Lipinski definition) is 3. The molecule has 0 aliphatic heterocycles. The predicted molar refractivity (Wildman–Crippen MR) is 81.8 cm³/mol. The zero-order valence-corrected chi connectivity index (χ0v) is 13.0.